The molecule has 0 atom stereocenters. The van der Waals surface area contributed by atoms with E-state index in [9.17, 15) is 21.6 Å². The van der Waals surface area contributed by atoms with Crippen molar-refractivity contribution in [2.75, 3.05) is 44.3 Å². The number of carbonyl (C=O) groups is 1. The summed E-state index contributed by atoms with van der Waals surface area (Å²) in [5.41, 5.74) is 0.623. The van der Waals surface area contributed by atoms with Crippen LogP contribution in [0.3, 0.4) is 0 Å². The number of hydrogen-bond donors (Lipinski definition) is 1. The van der Waals surface area contributed by atoms with E-state index in [1.165, 1.54) is 40.7 Å². The molecule has 10 heteroatoms. The largest absolute Gasteiger partial charge is 0.322 e. The monoisotopic (exact) mass is 451 g/mol. The number of nitrogens with zero attached hydrogens (tertiary/aromatic N) is 2. The first kappa shape index (κ1) is 22.4. The Labute approximate surface area is 177 Å². The second-order valence-corrected chi connectivity index (χ2v) is 11.3. The van der Waals surface area contributed by atoms with Crippen molar-refractivity contribution >= 4 is 31.5 Å². The molecule has 1 amide bonds. The maximum Gasteiger partial charge on any atom is 0.255 e. The van der Waals surface area contributed by atoms with E-state index < -0.39 is 25.8 Å². The van der Waals surface area contributed by atoms with Crippen molar-refractivity contribution in [3.63, 3.8) is 0 Å². The summed E-state index contributed by atoms with van der Waals surface area (Å²) in [4.78, 5) is 14.9. The molecule has 0 radical (unpaired) electrons. The molecule has 2 aromatic carbocycles. The zero-order valence-corrected chi connectivity index (χ0v) is 18.5. The summed E-state index contributed by atoms with van der Waals surface area (Å²) in [5, 5.41) is 2.67. The van der Waals surface area contributed by atoms with E-state index in [1.54, 1.807) is 19.1 Å². The van der Waals surface area contributed by atoms with E-state index in [0.29, 0.717) is 31.9 Å². The first-order chi connectivity index (χ1) is 14.1. The average molecular weight is 452 g/mol. The summed E-state index contributed by atoms with van der Waals surface area (Å²) < 4.78 is 51.0. The molecular weight excluding hydrogens is 426 g/mol. The van der Waals surface area contributed by atoms with Gasteiger partial charge in [0.2, 0.25) is 10.0 Å². The van der Waals surface area contributed by atoms with Crippen LogP contribution < -0.4 is 5.32 Å². The SMILES string of the molecule is CCS(=O)(=O)c1ccc(C(=O)Nc2cccc(S(=O)(=O)N3CCN(C)CC3)c2)cc1. The summed E-state index contributed by atoms with van der Waals surface area (Å²) in [6.45, 7) is 3.73. The molecule has 1 aliphatic rings. The molecule has 0 saturated carbocycles. The Morgan fingerprint density at radius 2 is 1.57 bits per heavy atom. The highest BCUT2D eigenvalue weighted by Crippen LogP contribution is 2.21. The number of piperazine rings is 1. The minimum Gasteiger partial charge on any atom is -0.322 e. The van der Waals surface area contributed by atoms with E-state index in [-0.39, 0.29) is 21.1 Å². The Hall–Kier alpha value is -2.27. The maximum atomic E-state index is 12.9. The quantitative estimate of drug-likeness (QED) is 0.717. The van der Waals surface area contributed by atoms with Gasteiger partial charge in [-0.15, -0.1) is 0 Å². The van der Waals surface area contributed by atoms with Crippen LogP contribution in [0.15, 0.2) is 58.3 Å². The van der Waals surface area contributed by atoms with Crippen LogP contribution in [0.2, 0.25) is 0 Å². The number of sulfonamides is 1. The van der Waals surface area contributed by atoms with E-state index in [0.717, 1.165) is 0 Å². The van der Waals surface area contributed by atoms with Gasteiger partial charge < -0.3 is 10.2 Å². The van der Waals surface area contributed by atoms with Crippen LogP contribution in [-0.4, -0.2) is 70.9 Å². The molecule has 8 nitrogen and oxygen atoms in total. The number of sulfone groups is 1. The lowest BCUT2D eigenvalue weighted by molar-refractivity contribution is 0.102. The Kier molecular flexibility index (Phi) is 6.61. The summed E-state index contributed by atoms with van der Waals surface area (Å²) in [6.07, 6.45) is 0. The number of benzene rings is 2. The number of nitrogens with one attached hydrogen (secondary N) is 1. The molecule has 0 aromatic heterocycles. The molecule has 162 valence electrons. The van der Waals surface area contributed by atoms with E-state index in [1.807, 2.05) is 7.05 Å². The molecule has 1 fully saturated rings. The van der Waals surface area contributed by atoms with Crippen molar-refractivity contribution < 1.29 is 21.6 Å². The van der Waals surface area contributed by atoms with Crippen molar-refractivity contribution in [1.29, 1.82) is 0 Å². The van der Waals surface area contributed by atoms with E-state index in [2.05, 4.69) is 10.2 Å². The van der Waals surface area contributed by atoms with Crippen molar-refractivity contribution in [3.05, 3.63) is 54.1 Å². The van der Waals surface area contributed by atoms with Gasteiger partial charge in [-0.25, -0.2) is 16.8 Å². The Morgan fingerprint density at radius 3 is 2.17 bits per heavy atom. The predicted molar refractivity (Wildman–Crippen MR) is 115 cm³/mol. The fourth-order valence-electron chi connectivity index (χ4n) is 3.10. The van der Waals surface area contributed by atoms with Crippen LogP contribution in [0.4, 0.5) is 5.69 Å². The fourth-order valence-corrected chi connectivity index (χ4v) is 5.45. The van der Waals surface area contributed by atoms with Gasteiger partial charge in [0, 0.05) is 37.4 Å². The highest BCUT2D eigenvalue weighted by atomic mass is 32.2. The van der Waals surface area contributed by atoms with Gasteiger partial charge >= 0.3 is 0 Å². The predicted octanol–water partition coefficient (Wildman–Crippen LogP) is 1.67. The van der Waals surface area contributed by atoms with Crippen molar-refractivity contribution in [2.24, 2.45) is 0 Å². The Balaban J connectivity index is 1.76. The van der Waals surface area contributed by atoms with Gasteiger partial charge in [-0.1, -0.05) is 13.0 Å². The number of anilines is 1. The zero-order valence-electron chi connectivity index (χ0n) is 16.9. The number of hydrogen-bond acceptors (Lipinski definition) is 6. The molecule has 0 spiro atoms. The van der Waals surface area contributed by atoms with E-state index >= 15 is 0 Å². The topological polar surface area (TPSA) is 104 Å². The molecule has 0 unspecified atom stereocenters. The van der Waals surface area contributed by atoms with Gasteiger partial charge in [-0.3, -0.25) is 4.79 Å². The molecule has 3 rings (SSSR count). The molecule has 1 N–H and O–H groups in total. The van der Waals surface area contributed by atoms with Gasteiger partial charge in [-0.05, 0) is 49.5 Å². The highest BCUT2D eigenvalue weighted by Gasteiger charge is 2.27. The van der Waals surface area contributed by atoms with Gasteiger partial charge in [0.15, 0.2) is 9.84 Å². The first-order valence-electron chi connectivity index (χ1n) is 9.56. The van der Waals surface area contributed by atoms with Crippen LogP contribution in [0.5, 0.6) is 0 Å². The normalized spacial score (nSPS) is 16.3. The third kappa shape index (κ3) is 4.89. The lowest BCUT2D eigenvalue weighted by Crippen LogP contribution is -2.47. The standard InChI is InChI=1S/C20H25N3O5S2/c1-3-29(25,26)18-9-7-16(8-10-18)20(24)21-17-5-4-6-19(15-17)30(27,28)23-13-11-22(2)12-14-23/h4-10,15H,3,11-14H2,1-2H3,(H,21,24). The second kappa shape index (κ2) is 8.84. The van der Waals surface area contributed by atoms with Crippen LogP contribution >= 0.6 is 0 Å². The number of likely N-dealkylation sites (N-methyl/N-ethyl adjacent to an activating group) is 1. The van der Waals surface area contributed by atoms with Gasteiger partial charge in [-0.2, -0.15) is 4.31 Å². The smallest absolute Gasteiger partial charge is 0.255 e. The number of amides is 1. The Bertz CT molecular complexity index is 1120. The fraction of sp³-hybridized carbons (Fsp3) is 0.350. The third-order valence-electron chi connectivity index (χ3n) is 5.05. The summed E-state index contributed by atoms with van der Waals surface area (Å²) >= 11 is 0. The molecule has 0 bridgehead atoms. The minimum atomic E-state index is -3.64. The van der Waals surface area contributed by atoms with Gasteiger partial charge in [0.25, 0.3) is 5.91 Å². The van der Waals surface area contributed by atoms with Crippen molar-refractivity contribution in [1.82, 2.24) is 9.21 Å². The van der Waals surface area contributed by atoms with Crippen LogP contribution in [0, 0.1) is 0 Å². The molecule has 0 aliphatic carbocycles. The second-order valence-electron chi connectivity index (χ2n) is 7.12. The molecule has 30 heavy (non-hydrogen) atoms. The molecule has 1 saturated heterocycles. The number of rotatable bonds is 6. The van der Waals surface area contributed by atoms with Crippen molar-refractivity contribution in [3.8, 4) is 0 Å². The van der Waals surface area contributed by atoms with Crippen LogP contribution in [0.1, 0.15) is 17.3 Å². The van der Waals surface area contributed by atoms with E-state index in [4.69, 9.17) is 0 Å². The maximum absolute atomic E-state index is 12.9. The molecular formula is C20H25N3O5S2. The Morgan fingerprint density at radius 1 is 0.933 bits per heavy atom. The summed E-state index contributed by atoms with van der Waals surface area (Å²) in [6, 6.07) is 11.8. The lowest BCUT2D eigenvalue weighted by Gasteiger charge is -2.31. The van der Waals surface area contributed by atoms with Crippen LogP contribution in [-0.2, 0) is 19.9 Å². The summed E-state index contributed by atoms with van der Waals surface area (Å²) in [7, 11) is -5.04. The minimum absolute atomic E-state index is 0.0207. The molecule has 2 aromatic rings. The number of carbonyl (C=O) groups excluding carboxylic acids is 1. The molecule has 1 aliphatic heterocycles. The highest BCUT2D eigenvalue weighted by molar-refractivity contribution is 7.91. The van der Waals surface area contributed by atoms with Gasteiger partial charge in [0.1, 0.15) is 0 Å². The third-order valence-corrected chi connectivity index (χ3v) is 8.69. The lowest BCUT2D eigenvalue weighted by atomic mass is 10.2. The van der Waals surface area contributed by atoms with Crippen LogP contribution in [0.25, 0.3) is 0 Å². The van der Waals surface area contributed by atoms with Gasteiger partial charge in [0.05, 0.1) is 15.5 Å². The van der Waals surface area contributed by atoms with Crippen molar-refractivity contribution in [2.45, 2.75) is 16.7 Å². The summed E-state index contributed by atoms with van der Waals surface area (Å²) in [5.74, 6) is -0.475. The molecule has 1 heterocycles. The first-order valence-corrected chi connectivity index (χ1v) is 12.7. The zero-order chi connectivity index (χ0) is 21.9. The average Bonchev–Trinajstić information content (AvgIpc) is 2.74.